The van der Waals surface area contributed by atoms with Crippen molar-refractivity contribution >= 4 is 11.7 Å². The molecule has 0 radical (unpaired) electrons. The van der Waals surface area contributed by atoms with Gasteiger partial charge in [0.15, 0.2) is 0 Å². The van der Waals surface area contributed by atoms with E-state index in [1.165, 1.54) is 6.92 Å². The fraction of sp³-hybridized carbons (Fsp3) is 0.312. The first kappa shape index (κ1) is 14.2. The van der Waals surface area contributed by atoms with Crippen LogP contribution in [0.4, 0.5) is 0 Å². The van der Waals surface area contributed by atoms with Crippen molar-refractivity contribution in [1.29, 1.82) is 0 Å². The molecule has 0 amide bonds. The van der Waals surface area contributed by atoms with Crippen molar-refractivity contribution in [1.82, 2.24) is 0 Å². The molecular formula is C16H18O4. The lowest BCUT2D eigenvalue weighted by Crippen LogP contribution is -2.09. The Hall–Kier alpha value is -2.23. The van der Waals surface area contributed by atoms with Crippen LogP contribution in [0.3, 0.4) is 0 Å². The minimum absolute atomic E-state index is 0.157. The highest BCUT2D eigenvalue weighted by atomic mass is 16.5. The van der Waals surface area contributed by atoms with Gasteiger partial charge in [0.2, 0.25) is 0 Å². The van der Waals surface area contributed by atoms with Crippen LogP contribution in [0, 0.1) is 0 Å². The summed E-state index contributed by atoms with van der Waals surface area (Å²) in [4.78, 5) is 11.3. The fourth-order valence-electron chi connectivity index (χ4n) is 2.22. The van der Waals surface area contributed by atoms with Gasteiger partial charge in [-0.3, -0.25) is 4.79 Å². The van der Waals surface area contributed by atoms with Crippen LogP contribution in [0.25, 0.3) is 5.76 Å². The molecule has 1 atom stereocenters. The second kappa shape index (κ2) is 5.82. The normalized spacial score (nSPS) is 22.9. The first-order valence-electron chi connectivity index (χ1n) is 6.44. The van der Waals surface area contributed by atoms with Crippen molar-refractivity contribution in [2.45, 2.75) is 26.9 Å². The number of allylic oxidation sites excluding steroid dienone is 3. The summed E-state index contributed by atoms with van der Waals surface area (Å²) in [5.41, 5.74) is 1.67. The number of hydrogen-bond donors (Lipinski definition) is 0. The highest BCUT2D eigenvalue weighted by Gasteiger charge is 2.22. The number of carbonyl (C=O) groups is 1. The molecule has 0 saturated carbocycles. The maximum Gasteiger partial charge on any atom is 0.308 e. The summed E-state index contributed by atoms with van der Waals surface area (Å²) in [5, 5.41) is 0. The van der Waals surface area contributed by atoms with E-state index >= 15 is 0 Å². The zero-order valence-corrected chi connectivity index (χ0v) is 12.1. The number of methoxy groups -OCH3 is 1. The molecule has 1 heterocycles. The summed E-state index contributed by atoms with van der Waals surface area (Å²) >= 11 is 0. The molecule has 2 rings (SSSR count). The quantitative estimate of drug-likeness (QED) is 0.773. The molecule has 0 N–H and O–H groups in total. The van der Waals surface area contributed by atoms with E-state index in [0.717, 1.165) is 16.9 Å². The van der Waals surface area contributed by atoms with Crippen LogP contribution in [-0.2, 0) is 14.3 Å². The largest absolute Gasteiger partial charge is 0.496 e. The minimum Gasteiger partial charge on any atom is -0.496 e. The van der Waals surface area contributed by atoms with Crippen molar-refractivity contribution in [2.75, 3.05) is 7.11 Å². The van der Waals surface area contributed by atoms with Crippen molar-refractivity contribution in [3.05, 3.63) is 47.2 Å². The molecule has 106 valence electrons. The molecule has 1 aliphatic heterocycles. The Balaban J connectivity index is 2.65. The average molecular weight is 274 g/mol. The van der Waals surface area contributed by atoms with E-state index in [9.17, 15) is 4.79 Å². The summed E-state index contributed by atoms with van der Waals surface area (Å²) in [6, 6.07) is 5.67. The standard InChI is InChI=1S/C16H18O4/c1-10-8-9-15(20-12(3)17)16-13(11(2)19-10)6-5-7-14(16)18-4/h5-9,11H,1-4H3/b10-8-,15-9+. The van der Waals surface area contributed by atoms with Gasteiger partial charge in [-0.25, -0.2) is 0 Å². The number of fused-ring (bicyclic) bond motifs is 1. The van der Waals surface area contributed by atoms with Gasteiger partial charge in [-0.05, 0) is 32.1 Å². The highest BCUT2D eigenvalue weighted by Crippen LogP contribution is 2.37. The minimum atomic E-state index is -0.367. The Bertz CT molecular complexity index is 584. The molecule has 20 heavy (non-hydrogen) atoms. The second-order valence-electron chi connectivity index (χ2n) is 4.59. The average Bonchev–Trinajstić information content (AvgIpc) is 2.41. The van der Waals surface area contributed by atoms with Gasteiger partial charge < -0.3 is 14.2 Å². The van der Waals surface area contributed by atoms with Crippen LogP contribution in [0.2, 0.25) is 0 Å². The van der Waals surface area contributed by atoms with Gasteiger partial charge in [0.25, 0.3) is 0 Å². The van der Waals surface area contributed by atoms with Crippen LogP contribution in [-0.4, -0.2) is 13.1 Å². The molecule has 4 heteroatoms. The van der Waals surface area contributed by atoms with Gasteiger partial charge in [-0.1, -0.05) is 12.1 Å². The topological polar surface area (TPSA) is 44.8 Å². The molecule has 0 aromatic heterocycles. The van der Waals surface area contributed by atoms with Gasteiger partial charge in [-0.15, -0.1) is 0 Å². The number of ether oxygens (including phenoxy) is 3. The van der Waals surface area contributed by atoms with Crippen LogP contribution < -0.4 is 4.74 Å². The molecule has 0 saturated heterocycles. The third-order valence-corrected chi connectivity index (χ3v) is 3.05. The molecular weight excluding hydrogens is 256 g/mol. The van der Waals surface area contributed by atoms with Crippen molar-refractivity contribution in [3.63, 3.8) is 0 Å². The van der Waals surface area contributed by atoms with E-state index in [2.05, 4.69) is 0 Å². The molecule has 1 unspecified atom stereocenters. The first-order valence-corrected chi connectivity index (χ1v) is 6.44. The predicted molar refractivity (Wildman–Crippen MR) is 76.0 cm³/mol. The van der Waals surface area contributed by atoms with Gasteiger partial charge in [0.1, 0.15) is 17.6 Å². The summed E-state index contributed by atoms with van der Waals surface area (Å²) in [5.74, 6) is 1.52. The fourth-order valence-corrected chi connectivity index (χ4v) is 2.22. The molecule has 0 fully saturated rings. The van der Waals surface area contributed by atoms with Gasteiger partial charge in [0, 0.05) is 12.5 Å². The van der Waals surface area contributed by atoms with Crippen LogP contribution >= 0.6 is 0 Å². The smallest absolute Gasteiger partial charge is 0.308 e. The molecule has 4 nitrogen and oxygen atoms in total. The number of rotatable bonds is 2. The van der Waals surface area contributed by atoms with Crippen LogP contribution in [0.1, 0.15) is 38.0 Å². The summed E-state index contributed by atoms with van der Waals surface area (Å²) in [6.07, 6.45) is 3.35. The third kappa shape index (κ3) is 2.85. The Kier molecular flexibility index (Phi) is 4.13. The molecule has 1 aromatic carbocycles. The lowest BCUT2D eigenvalue weighted by molar-refractivity contribution is -0.134. The number of carbonyl (C=O) groups excluding carboxylic acids is 1. The van der Waals surface area contributed by atoms with Crippen LogP contribution in [0.5, 0.6) is 5.75 Å². The van der Waals surface area contributed by atoms with Gasteiger partial charge in [0.05, 0.1) is 18.4 Å². The summed E-state index contributed by atoms with van der Waals surface area (Å²) < 4.78 is 16.5. The van der Waals surface area contributed by atoms with E-state index < -0.39 is 0 Å². The molecule has 0 bridgehead atoms. The van der Waals surface area contributed by atoms with Crippen molar-refractivity contribution < 1.29 is 19.0 Å². The van der Waals surface area contributed by atoms with E-state index in [4.69, 9.17) is 14.2 Å². The maximum absolute atomic E-state index is 11.3. The summed E-state index contributed by atoms with van der Waals surface area (Å²) in [6.45, 7) is 5.20. The molecule has 1 aromatic rings. The molecule has 0 spiro atoms. The molecule has 0 aliphatic carbocycles. The zero-order valence-electron chi connectivity index (χ0n) is 12.1. The highest BCUT2D eigenvalue weighted by molar-refractivity contribution is 5.80. The second-order valence-corrected chi connectivity index (χ2v) is 4.59. The molecule has 1 aliphatic rings. The summed E-state index contributed by atoms with van der Waals surface area (Å²) in [7, 11) is 1.59. The Morgan fingerprint density at radius 2 is 2.05 bits per heavy atom. The SMILES string of the molecule is COc1cccc2c1/C(OC(C)=O)=C\C=C(\C)OC2C. The van der Waals surface area contributed by atoms with Gasteiger partial charge in [-0.2, -0.15) is 0 Å². The lowest BCUT2D eigenvalue weighted by Gasteiger charge is -2.23. The maximum atomic E-state index is 11.3. The first-order chi connectivity index (χ1) is 9.52. The number of benzene rings is 1. The van der Waals surface area contributed by atoms with Gasteiger partial charge >= 0.3 is 5.97 Å². The predicted octanol–water partition coefficient (Wildman–Crippen LogP) is 3.59. The zero-order chi connectivity index (χ0) is 14.7. The lowest BCUT2D eigenvalue weighted by atomic mass is 9.99. The van der Waals surface area contributed by atoms with E-state index in [-0.39, 0.29) is 12.1 Å². The number of hydrogen-bond acceptors (Lipinski definition) is 4. The van der Waals surface area contributed by atoms with E-state index in [1.54, 1.807) is 19.3 Å². The Labute approximate surface area is 118 Å². The van der Waals surface area contributed by atoms with E-state index in [1.807, 2.05) is 32.0 Å². The number of esters is 1. The Morgan fingerprint density at radius 1 is 1.30 bits per heavy atom. The monoisotopic (exact) mass is 274 g/mol. The van der Waals surface area contributed by atoms with E-state index in [0.29, 0.717) is 11.5 Å². The Morgan fingerprint density at radius 3 is 2.70 bits per heavy atom. The third-order valence-electron chi connectivity index (χ3n) is 3.05. The van der Waals surface area contributed by atoms with Crippen molar-refractivity contribution in [3.8, 4) is 5.75 Å². The van der Waals surface area contributed by atoms with Crippen molar-refractivity contribution in [2.24, 2.45) is 0 Å². The van der Waals surface area contributed by atoms with Crippen LogP contribution in [0.15, 0.2) is 36.1 Å².